The average Bonchev–Trinajstić information content (AvgIpc) is 2.72. The number of fused-ring (bicyclic) bond motifs is 1. The first-order valence-corrected chi connectivity index (χ1v) is 5.84. The maximum Gasteiger partial charge on any atom is 0.145 e. The molecule has 2 rings (SSSR count). The van der Waals surface area contributed by atoms with Crippen molar-refractivity contribution in [1.29, 1.82) is 0 Å². The fourth-order valence-corrected chi connectivity index (χ4v) is 2.53. The van der Waals surface area contributed by atoms with E-state index in [0.29, 0.717) is 12.4 Å². The second kappa shape index (κ2) is 4.79. The summed E-state index contributed by atoms with van der Waals surface area (Å²) in [7, 11) is 1.65. The Balaban J connectivity index is 2.16. The summed E-state index contributed by atoms with van der Waals surface area (Å²) < 4.78 is 5.05. The quantitative estimate of drug-likeness (QED) is 0.776. The van der Waals surface area contributed by atoms with E-state index in [9.17, 15) is 4.79 Å². The van der Waals surface area contributed by atoms with E-state index in [2.05, 4.69) is 12.1 Å². The number of Topliss-reactive ketones (excluding diaryl/α,β-unsaturated/α-hetero) is 1. The fraction of sp³-hybridized carbons (Fsp3) is 0.500. The normalized spacial score (nSPS) is 20.5. The van der Waals surface area contributed by atoms with E-state index in [1.165, 1.54) is 11.1 Å². The van der Waals surface area contributed by atoms with Crippen molar-refractivity contribution in [1.82, 2.24) is 0 Å². The van der Waals surface area contributed by atoms with E-state index in [0.717, 1.165) is 12.8 Å². The number of ether oxygens (including phenoxy) is 1. The highest BCUT2D eigenvalue weighted by Crippen LogP contribution is 2.35. The fourth-order valence-electron chi connectivity index (χ4n) is 2.53. The number of benzene rings is 1. The summed E-state index contributed by atoms with van der Waals surface area (Å²) in [6, 6.07) is 8.28. The number of carbonyl (C=O) groups is 1. The maximum atomic E-state index is 12.2. The molecule has 0 spiro atoms. The first kappa shape index (κ1) is 11.3. The van der Waals surface area contributed by atoms with Crippen LogP contribution in [0.5, 0.6) is 0 Å². The highest BCUT2D eigenvalue weighted by Gasteiger charge is 2.30. The van der Waals surface area contributed by atoms with Crippen LogP contribution in [0.4, 0.5) is 0 Å². The van der Waals surface area contributed by atoms with Gasteiger partial charge >= 0.3 is 0 Å². The molecule has 0 fully saturated rings. The molecular weight excluding hydrogens is 200 g/mol. The lowest BCUT2D eigenvalue weighted by Gasteiger charge is -2.15. The Hall–Kier alpha value is -1.15. The Kier molecular flexibility index (Phi) is 3.39. The largest absolute Gasteiger partial charge is 0.384 e. The molecule has 0 heterocycles. The summed E-state index contributed by atoms with van der Waals surface area (Å²) in [5.74, 6) is 0.425. The molecule has 0 aromatic heterocycles. The summed E-state index contributed by atoms with van der Waals surface area (Å²) in [4.78, 5) is 12.2. The molecule has 1 aromatic carbocycles. The number of hydrogen-bond donors (Lipinski definition) is 0. The van der Waals surface area contributed by atoms with E-state index in [4.69, 9.17) is 4.74 Å². The van der Waals surface area contributed by atoms with Crippen LogP contribution < -0.4 is 0 Å². The molecule has 0 N–H and O–H groups in total. The number of carbonyl (C=O) groups excluding carboxylic acids is 1. The lowest BCUT2D eigenvalue weighted by atomic mass is 9.90. The van der Waals surface area contributed by atoms with Gasteiger partial charge in [-0.25, -0.2) is 0 Å². The Morgan fingerprint density at radius 2 is 2.25 bits per heavy atom. The van der Waals surface area contributed by atoms with Gasteiger partial charge in [0.25, 0.3) is 0 Å². The molecule has 0 bridgehead atoms. The molecule has 86 valence electrons. The first-order valence-electron chi connectivity index (χ1n) is 5.84. The zero-order valence-electron chi connectivity index (χ0n) is 9.90. The molecule has 16 heavy (non-hydrogen) atoms. The maximum absolute atomic E-state index is 12.2. The molecule has 2 atom stereocenters. The van der Waals surface area contributed by atoms with Gasteiger partial charge in [0.1, 0.15) is 5.78 Å². The van der Waals surface area contributed by atoms with Gasteiger partial charge in [-0.1, -0.05) is 31.2 Å². The van der Waals surface area contributed by atoms with Crippen LogP contribution in [0.3, 0.4) is 0 Å². The molecule has 1 aliphatic carbocycles. The second-order valence-corrected chi connectivity index (χ2v) is 4.55. The van der Waals surface area contributed by atoms with Gasteiger partial charge in [0, 0.05) is 18.9 Å². The Morgan fingerprint density at radius 1 is 1.50 bits per heavy atom. The Bertz CT molecular complexity index is 384. The minimum atomic E-state index is 0.00107. The van der Waals surface area contributed by atoms with Gasteiger partial charge in [-0.2, -0.15) is 0 Å². The number of ketones is 1. The van der Waals surface area contributed by atoms with Gasteiger partial charge in [-0.3, -0.25) is 4.79 Å². The third-order valence-corrected chi connectivity index (χ3v) is 3.38. The summed E-state index contributed by atoms with van der Waals surface area (Å²) in [6.45, 7) is 2.48. The van der Waals surface area contributed by atoms with E-state index >= 15 is 0 Å². The van der Waals surface area contributed by atoms with Crippen molar-refractivity contribution in [3.05, 3.63) is 35.4 Å². The van der Waals surface area contributed by atoms with Crippen LogP contribution in [0.15, 0.2) is 24.3 Å². The van der Waals surface area contributed by atoms with Gasteiger partial charge in [0.2, 0.25) is 0 Å². The molecule has 1 aromatic rings. The summed E-state index contributed by atoms with van der Waals surface area (Å²) in [6.07, 6.45) is 2.00. The Morgan fingerprint density at radius 3 is 3.00 bits per heavy atom. The smallest absolute Gasteiger partial charge is 0.145 e. The predicted octanol–water partition coefficient (Wildman–Crippen LogP) is 2.57. The molecular formula is C14H18O2. The van der Waals surface area contributed by atoms with E-state index < -0.39 is 0 Å². The van der Waals surface area contributed by atoms with Crippen molar-refractivity contribution in [3.8, 4) is 0 Å². The van der Waals surface area contributed by atoms with Crippen LogP contribution in [-0.4, -0.2) is 19.5 Å². The number of hydrogen-bond acceptors (Lipinski definition) is 2. The molecule has 1 aliphatic rings. The molecule has 0 saturated heterocycles. The minimum Gasteiger partial charge on any atom is -0.384 e. The predicted molar refractivity (Wildman–Crippen MR) is 63.6 cm³/mol. The zero-order chi connectivity index (χ0) is 11.5. The lowest BCUT2D eigenvalue weighted by molar-refractivity contribution is -0.125. The van der Waals surface area contributed by atoms with Crippen molar-refractivity contribution in [3.63, 3.8) is 0 Å². The molecule has 2 heteroatoms. The van der Waals surface area contributed by atoms with Crippen LogP contribution in [0.2, 0.25) is 0 Å². The van der Waals surface area contributed by atoms with Gasteiger partial charge in [0.05, 0.1) is 6.61 Å². The van der Waals surface area contributed by atoms with Crippen LogP contribution in [-0.2, 0) is 16.0 Å². The third-order valence-electron chi connectivity index (χ3n) is 3.38. The van der Waals surface area contributed by atoms with E-state index in [-0.39, 0.29) is 11.8 Å². The van der Waals surface area contributed by atoms with Crippen LogP contribution in [0, 0.1) is 5.92 Å². The summed E-state index contributed by atoms with van der Waals surface area (Å²) in [5, 5.41) is 0. The number of methoxy groups -OCH3 is 1. The van der Waals surface area contributed by atoms with E-state index in [1.807, 2.05) is 19.1 Å². The molecule has 0 radical (unpaired) electrons. The van der Waals surface area contributed by atoms with Crippen LogP contribution >= 0.6 is 0 Å². The highest BCUT2D eigenvalue weighted by molar-refractivity contribution is 5.88. The van der Waals surface area contributed by atoms with Gasteiger partial charge in [0.15, 0.2) is 0 Å². The standard InChI is InChI=1S/C14H18O2/c1-10(9-16-2)14(15)13-8-7-11-5-3-4-6-12(11)13/h3-6,10,13H,7-9H2,1-2H3. The summed E-state index contributed by atoms with van der Waals surface area (Å²) >= 11 is 0. The zero-order valence-corrected chi connectivity index (χ0v) is 9.90. The lowest BCUT2D eigenvalue weighted by Crippen LogP contribution is -2.22. The van der Waals surface area contributed by atoms with Gasteiger partial charge in [-0.05, 0) is 24.0 Å². The third kappa shape index (κ3) is 2.03. The SMILES string of the molecule is COCC(C)C(=O)C1CCc2ccccc21. The van der Waals surface area contributed by atoms with Crippen molar-refractivity contribution >= 4 is 5.78 Å². The monoisotopic (exact) mass is 218 g/mol. The second-order valence-electron chi connectivity index (χ2n) is 4.55. The van der Waals surface area contributed by atoms with Gasteiger partial charge < -0.3 is 4.74 Å². The molecule has 0 saturated carbocycles. The molecule has 2 unspecified atom stereocenters. The highest BCUT2D eigenvalue weighted by atomic mass is 16.5. The molecule has 2 nitrogen and oxygen atoms in total. The van der Waals surface area contributed by atoms with Crippen molar-refractivity contribution in [2.75, 3.05) is 13.7 Å². The minimum absolute atomic E-state index is 0.00107. The van der Waals surface area contributed by atoms with Crippen LogP contribution in [0.25, 0.3) is 0 Å². The number of rotatable bonds is 4. The summed E-state index contributed by atoms with van der Waals surface area (Å²) in [5.41, 5.74) is 2.57. The molecule has 0 aliphatic heterocycles. The number of aryl methyl sites for hydroxylation is 1. The Labute approximate surface area is 96.6 Å². The van der Waals surface area contributed by atoms with Gasteiger partial charge in [-0.15, -0.1) is 0 Å². The van der Waals surface area contributed by atoms with Crippen molar-refractivity contribution in [2.45, 2.75) is 25.7 Å². The van der Waals surface area contributed by atoms with Crippen LogP contribution in [0.1, 0.15) is 30.4 Å². The van der Waals surface area contributed by atoms with Crippen molar-refractivity contribution in [2.24, 2.45) is 5.92 Å². The average molecular weight is 218 g/mol. The molecule has 0 amide bonds. The van der Waals surface area contributed by atoms with Crippen molar-refractivity contribution < 1.29 is 9.53 Å². The van der Waals surface area contributed by atoms with E-state index in [1.54, 1.807) is 7.11 Å². The topological polar surface area (TPSA) is 26.3 Å². The first-order chi connectivity index (χ1) is 7.74.